The number of hydrogen-bond acceptors (Lipinski definition) is 5. The molecule has 2 unspecified atom stereocenters. The van der Waals surface area contributed by atoms with Crippen LogP contribution in [-0.2, 0) is 16.0 Å². The van der Waals surface area contributed by atoms with E-state index in [2.05, 4.69) is 17.2 Å². The Kier molecular flexibility index (Phi) is 4.54. The zero-order chi connectivity index (χ0) is 13.0. The number of aliphatic carboxylic acids is 1. The van der Waals surface area contributed by atoms with E-state index in [1.54, 1.807) is 0 Å². The van der Waals surface area contributed by atoms with Gasteiger partial charge >= 0.3 is 5.97 Å². The molecule has 0 aromatic carbocycles. The molecule has 5 nitrogen and oxygen atoms in total. The number of ether oxygens (including phenoxy) is 1. The highest BCUT2D eigenvalue weighted by Crippen LogP contribution is 2.23. The highest BCUT2D eigenvalue weighted by atomic mass is 32.1. The van der Waals surface area contributed by atoms with E-state index in [9.17, 15) is 4.79 Å². The molecule has 2 atom stereocenters. The minimum absolute atomic E-state index is 0.134. The quantitative estimate of drug-likeness (QED) is 0.827. The number of nitrogens with one attached hydrogen (secondary N) is 1. The van der Waals surface area contributed by atoms with Gasteiger partial charge < -0.3 is 15.2 Å². The van der Waals surface area contributed by atoms with E-state index in [1.807, 2.05) is 5.38 Å². The molecule has 1 aromatic heterocycles. The Labute approximate surface area is 110 Å². The molecule has 6 heteroatoms. The van der Waals surface area contributed by atoms with E-state index >= 15 is 0 Å². The maximum atomic E-state index is 10.5. The van der Waals surface area contributed by atoms with Crippen molar-refractivity contribution in [3.8, 4) is 0 Å². The number of nitrogens with zero attached hydrogens (tertiary/aromatic N) is 1. The molecule has 100 valence electrons. The van der Waals surface area contributed by atoms with Gasteiger partial charge in [0.1, 0.15) is 0 Å². The highest BCUT2D eigenvalue weighted by molar-refractivity contribution is 7.13. The largest absolute Gasteiger partial charge is 0.481 e. The van der Waals surface area contributed by atoms with Crippen molar-refractivity contribution in [3.63, 3.8) is 0 Å². The zero-order valence-corrected chi connectivity index (χ0v) is 11.2. The van der Waals surface area contributed by atoms with Crippen LogP contribution in [0.25, 0.3) is 0 Å². The standard InChI is InChI=1S/C12H18N2O3S/c1-8(9-4-5-17-6-9)13-12-14-10(7-18-12)2-3-11(15)16/h7-9H,2-6H2,1H3,(H,13,14)(H,15,16). The Bertz CT molecular complexity index is 402. The molecule has 0 spiro atoms. The van der Waals surface area contributed by atoms with Crippen LogP contribution in [0.4, 0.5) is 5.13 Å². The van der Waals surface area contributed by atoms with Crippen LogP contribution in [0, 0.1) is 5.92 Å². The van der Waals surface area contributed by atoms with Crippen LogP contribution in [0.15, 0.2) is 5.38 Å². The summed E-state index contributed by atoms with van der Waals surface area (Å²) in [4.78, 5) is 14.9. The van der Waals surface area contributed by atoms with Gasteiger partial charge in [0.05, 0.1) is 18.7 Å². The van der Waals surface area contributed by atoms with Crippen LogP contribution in [0.2, 0.25) is 0 Å². The number of hydrogen-bond donors (Lipinski definition) is 2. The van der Waals surface area contributed by atoms with Gasteiger partial charge in [0.2, 0.25) is 0 Å². The summed E-state index contributed by atoms with van der Waals surface area (Å²) in [6, 6.07) is 0.339. The van der Waals surface area contributed by atoms with Gasteiger partial charge in [-0.1, -0.05) is 0 Å². The summed E-state index contributed by atoms with van der Waals surface area (Å²) in [6.45, 7) is 3.79. The van der Waals surface area contributed by atoms with E-state index in [1.165, 1.54) is 11.3 Å². The monoisotopic (exact) mass is 270 g/mol. The number of aromatic nitrogens is 1. The molecule has 0 amide bonds. The first-order valence-electron chi connectivity index (χ1n) is 6.15. The molecule has 0 aliphatic carbocycles. The molecule has 0 bridgehead atoms. The lowest BCUT2D eigenvalue weighted by Crippen LogP contribution is -2.26. The maximum Gasteiger partial charge on any atom is 0.303 e. The first-order valence-corrected chi connectivity index (χ1v) is 7.03. The molecule has 1 aromatic rings. The van der Waals surface area contributed by atoms with Gasteiger partial charge in [-0.05, 0) is 13.3 Å². The van der Waals surface area contributed by atoms with E-state index in [0.717, 1.165) is 30.5 Å². The van der Waals surface area contributed by atoms with E-state index in [0.29, 0.717) is 18.4 Å². The number of anilines is 1. The predicted octanol–water partition coefficient (Wildman–Crippen LogP) is 2.00. The van der Waals surface area contributed by atoms with Gasteiger partial charge in [0.25, 0.3) is 0 Å². The normalized spacial score (nSPS) is 20.8. The van der Waals surface area contributed by atoms with Crippen LogP contribution >= 0.6 is 11.3 Å². The molecule has 2 rings (SSSR count). The van der Waals surface area contributed by atoms with Crippen molar-refractivity contribution in [1.29, 1.82) is 0 Å². The van der Waals surface area contributed by atoms with Gasteiger partial charge in [-0.15, -0.1) is 11.3 Å². The molecule has 18 heavy (non-hydrogen) atoms. The molecule has 2 heterocycles. The fourth-order valence-corrected chi connectivity index (χ4v) is 2.82. The number of carbonyl (C=O) groups is 1. The average molecular weight is 270 g/mol. The smallest absolute Gasteiger partial charge is 0.303 e. The summed E-state index contributed by atoms with van der Waals surface area (Å²) in [5.74, 6) is -0.245. The predicted molar refractivity (Wildman–Crippen MR) is 70.1 cm³/mol. The Morgan fingerprint density at radius 1 is 1.78 bits per heavy atom. The number of aryl methyl sites for hydroxylation is 1. The minimum Gasteiger partial charge on any atom is -0.481 e. The van der Waals surface area contributed by atoms with Crippen LogP contribution in [0.5, 0.6) is 0 Å². The average Bonchev–Trinajstić information content (AvgIpc) is 2.97. The summed E-state index contributed by atoms with van der Waals surface area (Å²) < 4.78 is 5.36. The molecular formula is C12H18N2O3S. The third-order valence-electron chi connectivity index (χ3n) is 3.17. The summed E-state index contributed by atoms with van der Waals surface area (Å²) in [5.41, 5.74) is 0.847. The van der Waals surface area contributed by atoms with Gasteiger partial charge in [-0.25, -0.2) is 4.98 Å². The number of carboxylic acid groups (broad SMARTS) is 1. The second-order valence-electron chi connectivity index (χ2n) is 4.59. The van der Waals surface area contributed by atoms with E-state index in [4.69, 9.17) is 9.84 Å². The third kappa shape index (κ3) is 3.68. The van der Waals surface area contributed by atoms with Gasteiger partial charge in [0, 0.05) is 30.4 Å². The second-order valence-corrected chi connectivity index (χ2v) is 5.45. The van der Waals surface area contributed by atoms with Crippen LogP contribution in [0.1, 0.15) is 25.5 Å². The summed E-state index contributed by atoms with van der Waals surface area (Å²) in [5, 5.41) is 14.8. The number of rotatable bonds is 6. The fourth-order valence-electron chi connectivity index (χ4n) is 1.98. The number of carboxylic acids is 1. The Morgan fingerprint density at radius 2 is 2.61 bits per heavy atom. The molecule has 1 fully saturated rings. The van der Waals surface area contributed by atoms with Gasteiger partial charge in [-0.2, -0.15) is 0 Å². The molecule has 1 aliphatic rings. The van der Waals surface area contributed by atoms with Crippen molar-refractivity contribution >= 4 is 22.4 Å². The van der Waals surface area contributed by atoms with Gasteiger partial charge in [0.15, 0.2) is 5.13 Å². The zero-order valence-electron chi connectivity index (χ0n) is 10.4. The summed E-state index contributed by atoms with van der Waals surface area (Å²) >= 11 is 1.53. The highest BCUT2D eigenvalue weighted by Gasteiger charge is 2.22. The minimum atomic E-state index is -0.783. The Hall–Kier alpha value is -1.14. The van der Waals surface area contributed by atoms with E-state index < -0.39 is 5.97 Å². The van der Waals surface area contributed by atoms with Crippen LogP contribution in [0.3, 0.4) is 0 Å². The van der Waals surface area contributed by atoms with Crippen molar-refractivity contribution in [2.45, 2.75) is 32.2 Å². The third-order valence-corrected chi connectivity index (χ3v) is 3.99. The molecule has 1 saturated heterocycles. The van der Waals surface area contributed by atoms with Crippen molar-refractivity contribution in [2.24, 2.45) is 5.92 Å². The van der Waals surface area contributed by atoms with Crippen molar-refractivity contribution < 1.29 is 14.6 Å². The lowest BCUT2D eigenvalue weighted by molar-refractivity contribution is -0.136. The maximum absolute atomic E-state index is 10.5. The van der Waals surface area contributed by atoms with Crippen molar-refractivity contribution in [3.05, 3.63) is 11.1 Å². The first kappa shape index (κ1) is 13.3. The first-order chi connectivity index (χ1) is 8.65. The molecule has 2 N–H and O–H groups in total. The van der Waals surface area contributed by atoms with Crippen molar-refractivity contribution in [2.75, 3.05) is 18.5 Å². The lowest BCUT2D eigenvalue weighted by atomic mass is 10.0. The fraction of sp³-hybridized carbons (Fsp3) is 0.667. The van der Waals surface area contributed by atoms with E-state index in [-0.39, 0.29) is 6.42 Å². The van der Waals surface area contributed by atoms with Crippen LogP contribution in [-0.4, -0.2) is 35.3 Å². The Morgan fingerprint density at radius 3 is 3.28 bits per heavy atom. The topological polar surface area (TPSA) is 71.5 Å². The van der Waals surface area contributed by atoms with Crippen LogP contribution < -0.4 is 5.32 Å². The van der Waals surface area contributed by atoms with Gasteiger partial charge in [-0.3, -0.25) is 4.79 Å². The molecule has 0 radical (unpaired) electrons. The van der Waals surface area contributed by atoms with Crippen molar-refractivity contribution in [1.82, 2.24) is 4.98 Å². The molecule has 1 aliphatic heterocycles. The molecule has 0 saturated carbocycles. The molecular weight excluding hydrogens is 252 g/mol. The Balaban J connectivity index is 1.83. The summed E-state index contributed by atoms with van der Waals surface area (Å²) in [6.07, 6.45) is 1.72. The lowest BCUT2D eigenvalue weighted by Gasteiger charge is -2.18. The summed E-state index contributed by atoms with van der Waals surface area (Å²) in [7, 11) is 0. The second kappa shape index (κ2) is 6.15. The SMILES string of the molecule is CC(Nc1nc(CCC(=O)O)cs1)C1CCOC1. The number of thiazole rings is 1.